The maximum atomic E-state index is 11.8. The van der Waals surface area contributed by atoms with Gasteiger partial charge in [-0.3, -0.25) is 9.59 Å². The number of hydrogen-bond acceptors (Lipinski definition) is 5. The van der Waals surface area contributed by atoms with Crippen LogP contribution in [-0.2, 0) is 14.3 Å². The first kappa shape index (κ1) is 15.3. The maximum absolute atomic E-state index is 11.8. The molecule has 1 fully saturated rings. The average Bonchev–Trinajstić information content (AvgIpc) is 3.18. The number of H-pyrrole nitrogens is 1. The van der Waals surface area contributed by atoms with E-state index in [-0.39, 0.29) is 11.2 Å². The molecular weight excluding hydrogens is 300 g/mol. The molecule has 2 aromatic heterocycles. The third-order valence-corrected chi connectivity index (χ3v) is 3.21. The summed E-state index contributed by atoms with van der Waals surface area (Å²) in [6.45, 7) is 2.83. The van der Waals surface area contributed by atoms with E-state index in [2.05, 4.69) is 10.3 Å². The number of anilines is 1. The van der Waals surface area contributed by atoms with Crippen LogP contribution in [0.4, 0.5) is 5.69 Å². The van der Waals surface area contributed by atoms with Gasteiger partial charge in [0.25, 0.3) is 5.56 Å². The summed E-state index contributed by atoms with van der Waals surface area (Å²) >= 11 is 0. The molecule has 0 bridgehead atoms. The lowest BCUT2D eigenvalue weighted by Crippen LogP contribution is -2.18. The molecule has 7 heteroatoms. The van der Waals surface area contributed by atoms with Gasteiger partial charge in [-0.05, 0) is 37.3 Å². The number of rotatable bonds is 4. The monoisotopic (exact) mass is 316 g/mol. The van der Waals surface area contributed by atoms with Crippen molar-refractivity contribution in [1.82, 2.24) is 4.98 Å². The quantitative estimate of drug-likeness (QED) is 0.841. The zero-order valence-electron chi connectivity index (χ0n) is 12.5. The molecule has 0 spiro atoms. The zero-order valence-corrected chi connectivity index (χ0v) is 12.5. The second kappa shape index (κ2) is 6.64. The van der Waals surface area contributed by atoms with Crippen LogP contribution in [0.3, 0.4) is 0 Å². The van der Waals surface area contributed by atoms with Crippen molar-refractivity contribution in [2.24, 2.45) is 0 Å². The van der Waals surface area contributed by atoms with Crippen LogP contribution in [0.2, 0.25) is 0 Å². The van der Waals surface area contributed by atoms with Crippen molar-refractivity contribution >= 4 is 17.7 Å². The minimum Gasteiger partial charge on any atom is -0.456 e. The normalized spacial score (nSPS) is 15.3. The van der Waals surface area contributed by atoms with E-state index in [4.69, 9.17) is 13.9 Å². The molecule has 3 heterocycles. The highest BCUT2D eigenvalue weighted by Crippen LogP contribution is 2.25. The van der Waals surface area contributed by atoms with Crippen LogP contribution in [-0.4, -0.2) is 24.1 Å². The minimum atomic E-state index is -0.489. The fourth-order valence-corrected chi connectivity index (χ4v) is 2.11. The predicted octanol–water partition coefficient (Wildman–Crippen LogP) is 1.97. The molecule has 1 aliphatic rings. The van der Waals surface area contributed by atoms with E-state index in [0.29, 0.717) is 24.7 Å². The van der Waals surface area contributed by atoms with E-state index in [0.717, 1.165) is 5.69 Å². The first-order chi connectivity index (χ1) is 11.1. The molecule has 0 saturated carbocycles. The number of hydrogen-bond donors (Lipinski definition) is 2. The Morgan fingerprint density at radius 2 is 2.04 bits per heavy atom. The SMILES string of the molecule is Cc1ccc(NC(=O)/C=C/c2ccc(C3OCCO3)o2)c(=O)[nH]1. The Bertz CT molecular complexity index is 784. The van der Waals surface area contributed by atoms with Crippen LogP contribution >= 0.6 is 0 Å². The van der Waals surface area contributed by atoms with E-state index in [9.17, 15) is 9.59 Å². The van der Waals surface area contributed by atoms with Crippen molar-refractivity contribution in [2.45, 2.75) is 13.2 Å². The van der Waals surface area contributed by atoms with Crippen molar-refractivity contribution in [3.8, 4) is 0 Å². The van der Waals surface area contributed by atoms with Gasteiger partial charge in [0.05, 0.1) is 13.2 Å². The van der Waals surface area contributed by atoms with E-state index in [1.807, 2.05) is 0 Å². The summed E-state index contributed by atoms with van der Waals surface area (Å²) in [6.07, 6.45) is 2.31. The Morgan fingerprint density at radius 1 is 1.26 bits per heavy atom. The lowest BCUT2D eigenvalue weighted by atomic mass is 10.3. The summed E-state index contributed by atoms with van der Waals surface area (Å²) in [6, 6.07) is 6.71. The van der Waals surface area contributed by atoms with Gasteiger partial charge in [0.15, 0.2) is 5.76 Å². The van der Waals surface area contributed by atoms with E-state index >= 15 is 0 Å². The fraction of sp³-hybridized carbons (Fsp3) is 0.250. The van der Waals surface area contributed by atoms with Crippen LogP contribution in [0.5, 0.6) is 0 Å². The molecule has 0 aliphatic carbocycles. The molecule has 2 aromatic rings. The Balaban J connectivity index is 1.63. The third kappa shape index (κ3) is 3.77. The van der Waals surface area contributed by atoms with E-state index < -0.39 is 12.2 Å². The number of aryl methyl sites for hydroxylation is 1. The standard InChI is InChI=1S/C16H16N2O5/c1-10-2-5-12(15(20)17-10)18-14(19)7-4-11-3-6-13(23-11)16-21-8-9-22-16/h2-7,16H,8-9H2,1H3,(H,17,20)(H,18,19)/b7-4+. The molecule has 1 saturated heterocycles. The highest BCUT2D eigenvalue weighted by atomic mass is 16.7. The van der Waals surface area contributed by atoms with Crippen LogP contribution in [0.15, 0.2) is 39.6 Å². The lowest BCUT2D eigenvalue weighted by molar-refractivity contribution is -0.111. The lowest BCUT2D eigenvalue weighted by Gasteiger charge is -2.03. The van der Waals surface area contributed by atoms with Gasteiger partial charge < -0.3 is 24.2 Å². The van der Waals surface area contributed by atoms with Crippen molar-refractivity contribution in [3.63, 3.8) is 0 Å². The van der Waals surface area contributed by atoms with E-state index in [1.165, 1.54) is 12.2 Å². The van der Waals surface area contributed by atoms with Crippen molar-refractivity contribution < 1.29 is 18.7 Å². The fourth-order valence-electron chi connectivity index (χ4n) is 2.11. The predicted molar refractivity (Wildman–Crippen MR) is 82.8 cm³/mol. The molecule has 0 atom stereocenters. The summed E-state index contributed by atoms with van der Waals surface area (Å²) in [4.78, 5) is 26.1. The first-order valence-corrected chi connectivity index (χ1v) is 7.14. The van der Waals surface area contributed by atoms with Gasteiger partial charge in [-0.15, -0.1) is 0 Å². The minimum absolute atomic E-state index is 0.193. The molecule has 0 unspecified atom stereocenters. The number of ether oxygens (including phenoxy) is 2. The Labute approximate surface area is 131 Å². The molecule has 0 radical (unpaired) electrons. The zero-order chi connectivity index (χ0) is 16.2. The molecular formula is C16H16N2O5. The number of furan rings is 1. The van der Waals surface area contributed by atoms with Crippen LogP contribution in [0, 0.1) is 6.92 Å². The summed E-state index contributed by atoms with van der Waals surface area (Å²) in [5, 5.41) is 2.51. The van der Waals surface area contributed by atoms with E-state index in [1.54, 1.807) is 31.2 Å². The van der Waals surface area contributed by atoms with Gasteiger partial charge in [-0.1, -0.05) is 0 Å². The average molecular weight is 316 g/mol. The highest BCUT2D eigenvalue weighted by molar-refractivity contribution is 6.01. The maximum Gasteiger partial charge on any atom is 0.271 e. The third-order valence-electron chi connectivity index (χ3n) is 3.21. The number of amides is 1. The van der Waals surface area contributed by atoms with Gasteiger partial charge in [0, 0.05) is 11.8 Å². The molecule has 7 nitrogen and oxygen atoms in total. The molecule has 3 rings (SSSR count). The van der Waals surface area contributed by atoms with Gasteiger partial charge in [0.1, 0.15) is 11.4 Å². The summed E-state index contributed by atoms with van der Waals surface area (Å²) in [5.41, 5.74) is 0.573. The molecule has 120 valence electrons. The summed E-state index contributed by atoms with van der Waals surface area (Å²) < 4.78 is 16.2. The van der Waals surface area contributed by atoms with Crippen LogP contribution < -0.4 is 10.9 Å². The Kier molecular flexibility index (Phi) is 4.40. The van der Waals surface area contributed by atoms with Crippen molar-refractivity contribution in [2.75, 3.05) is 18.5 Å². The topological polar surface area (TPSA) is 93.6 Å². The number of carbonyl (C=O) groups is 1. The van der Waals surface area contributed by atoms with Crippen LogP contribution in [0.1, 0.15) is 23.5 Å². The number of carbonyl (C=O) groups excluding carboxylic acids is 1. The molecule has 2 N–H and O–H groups in total. The molecule has 0 aromatic carbocycles. The van der Waals surface area contributed by atoms with Crippen LogP contribution in [0.25, 0.3) is 6.08 Å². The first-order valence-electron chi connectivity index (χ1n) is 7.14. The van der Waals surface area contributed by atoms with Gasteiger partial charge in [-0.25, -0.2) is 0 Å². The summed E-state index contributed by atoms with van der Waals surface area (Å²) in [7, 11) is 0. The summed E-state index contributed by atoms with van der Waals surface area (Å²) in [5.74, 6) is 0.621. The Hall–Kier alpha value is -2.64. The smallest absolute Gasteiger partial charge is 0.271 e. The van der Waals surface area contributed by atoms with Crippen molar-refractivity contribution in [3.05, 3.63) is 57.9 Å². The van der Waals surface area contributed by atoms with Crippen molar-refractivity contribution in [1.29, 1.82) is 0 Å². The van der Waals surface area contributed by atoms with Gasteiger partial charge in [-0.2, -0.15) is 0 Å². The number of pyridine rings is 1. The highest BCUT2D eigenvalue weighted by Gasteiger charge is 2.21. The number of aromatic amines is 1. The largest absolute Gasteiger partial charge is 0.456 e. The number of aromatic nitrogens is 1. The number of nitrogens with one attached hydrogen (secondary N) is 2. The second-order valence-electron chi connectivity index (χ2n) is 5.02. The molecule has 23 heavy (non-hydrogen) atoms. The molecule has 1 amide bonds. The van der Waals surface area contributed by atoms with Gasteiger partial charge >= 0.3 is 0 Å². The Morgan fingerprint density at radius 3 is 2.78 bits per heavy atom. The second-order valence-corrected chi connectivity index (χ2v) is 5.02. The molecule has 1 aliphatic heterocycles. The van der Waals surface area contributed by atoms with Gasteiger partial charge in [0.2, 0.25) is 12.2 Å².